The van der Waals surface area contributed by atoms with Crippen LogP contribution in [0.3, 0.4) is 0 Å². The Kier molecular flexibility index (Phi) is 3.58. The van der Waals surface area contributed by atoms with E-state index in [4.69, 9.17) is 0 Å². The van der Waals surface area contributed by atoms with Gasteiger partial charge in [-0.2, -0.15) is 0 Å². The maximum atomic E-state index is 12.6. The summed E-state index contributed by atoms with van der Waals surface area (Å²) < 4.78 is 0. The van der Waals surface area contributed by atoms with Gasteiger partial charge in [-0.3, -0.25) is 14.6 Å². The van der Waals surface area contributed by atoms with E-state index in [1.165, 1.54) is 6.42 Å². The second-order valence-electron chi connectivity index (χ2n) is 7.26. The van der Waals surface area contributed by atoms with Crippen LogP contribution in [0.5, 0.6) is 0 Å². The molecule has 1 aromatic heterocycles. The molecule has 0 atom stereocenters. The van der Waals surface area contributed by atoms with Crippen molar-refractivity contribution in [2.75, 3.05) is 19.6 Å². The number of piperidine rings is 1. The predicted octanol–water partition coefficient (Wildman–Crippen LogP) is 1.83. The van der Waals surface area contributed by atoms with Crippen molar-refractivity contribution < 1.29 is 9.59 Å². The third-order valence-electron chi connectivity index (χ3n) is 5.82. The van der Waals surface area contributed by atoms with Crippen LogP contribution < -0.4 is 0 Å². The molecule has 0 unspecified atom stereocenters. The first kappa shape index (κ1) is 14.7. The fraction of sp³-hybridized carbons (Fsp3) is 0.611. The molecule has 23 heavy (non-hydrogen) atoms. The number of aromatic nitrogens is 1. The SMILES string of the molecule is O=C(C1CCC1)N1CCC2(CC1)CN(Cc1cccnc1)C2=O. The minimum Gasteiger partial charge on any atom is -0.342 e. The summed E-state index contributed by atoms with van der Waals surface area (Å²) in [6.07, 6.45) is 8.52. The van der Waals surface area contributed by atoms with E-state index >= 15 is 0 Å². The van der Waals surface area contributed by atoms with Crippen LogP contribution in [-0.2, 0) is 16.1 Å². The van der Waals surface area contributed by atoms with Crippen molar-refractivity contribution in [1.29, 1.82) is 0 Å². The van der Waals surface area contributed by atoms with Crippen LogP contribution in [0, 0.1) is 11.3 Å². The molecule has 0 radical (unpaired) electrons. The number of nitrogens with zero attached hydrogens (tertiary/aromatic N) is 3. The highest BCUT2D eigenvalue weighted by Crippen LogP contribution is 2.43. The Balaban J connectivity index is 1.32. The van der Waals surface area contributed by atoms with Crippen molar-refractivity contribution in [3.8, 4) is 0 Å². The van der Waals surface area contributed by atoms with Gasteiger partial charge in [-0.1, -0.05) is 12.5 Å². The number of pyridine rings is 1. The summed E-state index contributed by atoms with van der Waals surface area (Å²) in [5, 5.41) is 0. The molecule has 0 N–H and O–H groups in total. The second-order valence-corrected chi connectivity index (χ2v) is 7.26. The maximum absolute atomic E-state index is 12.6. The molecule has 1 spiro atoms. The number of rotatable bonds is 3. The lowest BCUT2D eigenvalue weighted by atomic mass is 9.70. The highest BCUT2D eigenvalue weighted by Gasteiger charge is 2.53. The van der Waals surface area contributed by atoms with Crippen molar-refractivity contribution in [2.24, 2.45) is 11.3 Å². The Bertz CT molecular complexity index is 604. The summed E-state index contributed by atoms with van der Waals surface area (Å²) in [7, 11) is 0. The average molecular weight is 313 g/mol. The lowest BCUT2D eigenvalue weighted by Gasteiger charge is -2.53. The molecule has 122 valence electrons. The first-order chi connectivity index (χ1) is 11.2. The molecule has 0 bridgehead atoms. The van der Waals surface area contributed by atoms with E-state index in [1.54, 1.807) is 6.20 Å². The molecule has 0 aromatic carbocycles. The van der Waals surface area contributed by atoms with Gasteiger partial charge in [-0.15, -0.1) is 0 Å². The van der Waals surface area contributed by atoms with Crippen LogP contribution in [0.15, 0.2) is 24.5 Å². The fourth-order valence-electron chi connectivity index (χ4n) is 4.03. The standard InChI is InChI=1S/C18H23N3O2/c22-16(15-4-1-5-15)20-9-6-18(7-10-20)13-21(17(18)23)12-14-3-2-8-19-11-14/h2-3,8,11,15H,1,4-7,9-10,12-13H2. The maximum Gasteiger partial charge on any atom is 0.231 e. The molecule has 1 aliphatic carbocycles. The molecule has 2 aliphatic heterocycles. The lowest BCUT2D eigenvalue weighted by molar-refractivity contribution is -0.169. The van der Waals surface area contributed by atoms with Crippen LogP contribution in [0.1, 0.15) is 37.7 Å². The van der Waals surface area contributed by atoms with Gasteiger partial charge in [0.15, 0.2) is 0 Å². The first-order valence-electron chi connectivity index (χ1n) is 8.65. The van der Waals surface area contributed by atoms with Gasteiger partial charge in [0.05, 0.1) is 5.41 Å². The molecule has 3 aliphatic rings. The fourth-order valence-corrected chi connectivity index (χ4v) is 4.03. The smallest absolute Gasteiger partial charge is 0.231 e. The van der Waals surface area contributed by atoms with E-state index in [2.05, 4.69) is 4.98 Å². The quantitative estimate of drug-likeness (QED) is 0.800. The first-order valence-corrected chi connectivity index (χ1v) is 8.65. The zero-order chi connectivity index (χ0) is 15.9. The molecule has 3 fully saturated rings. The molecular weight excluding hydrogens is 290 g/mol. The minimum absolute atomic E-state index is 0.196. The molecule has 1 aromatic rings. The van der Waals surface area contributed by atoms with Gasteiger partial charge < -0.3 is 9.80 Å². The Morgan fingerprint density at radius 1 is 1.30 bits per heavy atom. The molecule has 2 amide bonds. The van der Waals surface area contributed by atoms with Crippen molar-refractivity contribution in [1.82, 2.24) is 14.8 Å². The third-order valence-corrected chi connectivity index (χ3v) is 5.82. The third kappa shape index (κ3) is 2.52. The van der Waals surface area contributed by atoms with E-state index in [0.717, 1.165) is 50.9 Å². The number of carbonyl (C=O) groups is 2. The summed E-state index contributed by atoms with van der Waals surface area (Å²) in [5.41, 5.74) is 0.881. The van der Waals surface area contributed by atoms with E-state index in [0.29, 0.717) is 12.5 Å². The van der Waals surface area contributed by atoms with E-state index in [1.807, 2.05) is 28.1 Å². The molecular formula is C18H23N3O2. The summed E-state index contributed by atoms with van der Waals surface area (Å²) in [6, 6.07) is 3.91. The molecule has 4 rings (SSSR count). The number of carbonyl (C=O) groups excluding carboxylic acids is 2. The van der Waals surface area contributed by atoms with Crippen molar-refractivity contribution in [3.63, 3.8) is 0 Å². The zero-order valence-corrected chi connectivity index (χ0v) is 13.4. The number of likely N-dealkylation sites (tertiary alicyclic amines) is 2. The molecule has 2 saturated heterocycles. The Morgan fingerprint density at radius 3 is 2.65 bits per heavy atom. The van der Waals surface area contributed by atoms with Crippen molar-refractivity contribution in [2.45, 2.75) is 38.6 Å². The highest BCUT2D eigenvalue weighted by atomic mass is 16.2. The minimum atomic E-state index is -0.196. The van der Waals surface area contributed by atoms with E-state index < -0.39 is 0 Å². The molecule has 5 heteroatoms. The highest BCUT2D eigenvalue weighted by molar-refractivity contribution is 5.89. The van der Waals surface area contributed by atoms with Gasteiger partial charge in [-0.25, -0.2) is 0 Å². The summed E-state index contributed by atoms with van der Waals surface area (Å²) in [6.45, 7) is 2.98. The predicted molar refractivity (Wildman–Crippen MR) is 85.2 cm³/mol. The van der Waals surface area contributed by atoms with Gasteiger partial charge in [0, 0.05) is 44.5 Å². The topological polar surface area (TPSA) is 53.5 Å². The second kappa shape index (κ2) is 5.62. The monoisotopic (exact) mass is 313 g/mol. The van der Waals surface area contributed by atoms with Crippen LogP contribution in [-0.4, -0.2) is 46.2 Å². The van der Waals surface area contributed by atoms with Crippen molar-refractivity contribution in [3.05, 3.63) is 30.1 Å². The normalized spacial score (nSPS) is 23.6. The van der Waals surface area contributed by atoms with Crippen LogP contribution >= 0.6 is 0 Å². The van der Waals surface area contributed by atoms with Crippen molar-refractivity contribution >= 4 is 11.8 Å². The number of hydrogen-bond acceptors (Lipinski definition) is 3. The van der Waals surface area contributed by atoms with Crippen LogP contribution in [0.2, 0.25) is 0 Å². The lowest BCUT2D eigenvalue weighted by Crippen LogP contribution is -2.64. The van der Waals surface area contributed by atoms with Crippen LogP contribution in [0.4, 0.5) is 0 Å². The van der Waals surface area contributed by atoms with Gasteiger partial charge in [0.25, 0.3) is 0 Å². The largest absolute Gasteiger partial charge is 0.342 e. The molecule has 1 saturated carbocycles. The Morgan fingerprint density at radius 2 is 2.09 bits per heavy atom. The van der Waals surface area contributed by atoms with Gasteiger partial charge >= 0.3 is 0 Å². The number of amides is 2. The zero-order valence-electron chi connectivity index (χ0n) is 13.4. The summed E-state index contributed by atoms with van der Waals surface area (Å²) in [5.74, 6) is 0.852. The van der Waals surface area contributed by atoms with Gasteiger partial charge in [0.1, 0.15) is 0 Å². The summed E-state index contributed by atoms with van der Waals surface area (Å²) in [4.78, 5) is 32.9. The Labute approximate surface area is 136 Å². The average Bonchev–Trinajstić information content (AvgIpc) is 2.54. The molecule has 5 nitrogen and oxygen atoms in total. The molecule has 3 heterocycles. The van der Waals surface area contributed by atoms with Crippen LogP contribution in [0.25, 0.3) is 0 Å². The van der Waals surface area contributed by atoms with E-state index in [-0.39, 0.29) is 17.2 Å². The van der Waals surface area contributed by atoms with Gasteiger partial charge in [0.2, 0.25) is 11.8 Å². The Hall–Kier alpha value is -1.91. The number of β-lactam (4-membered cyclic amide) rings is 1. The van der Waals surface area contributed by atoms with Gasteiger partial charge in [-0.05, 0) is 37.3 Å². The van der Waals surface area contributed by atoms with E-state index in [9.17, 15) is 9.59 Å². The number of hydrogen-bond donors (Lipinski definition) is 0. The summed E-state index contributed by atoms with van der Waals surface area (Å²) >= 11 is 0.